The molecule has 0 radical (unpaired) electrons. The van der Waals surface area contributed by atoms with Gasteiger partial charge in [-0.15, -0.1) is 0 Å². The van der Waals surface area contributed by atoms with Gasteiger partial charge in [-0.2, -0.15) is 0 Å². The second kappa shape index (κ2) is 10.6. The Morgan fingerprint density at radius 3 is 2.24 bits per heavy atom. The van der Waals surface area contributed by atoms with Gasteiger partial charge in [0.15, 0.2) is 0 Å². The minimum atomic E-state index is -0.231. The molecule has 1 aromatic carbocycles. The topological polar surface area (TPSA) is 85.5 Å². The molecule has 7 heteroatoms. The van der Waals surface area contributed by atoms with Crippen molar-refractivity contribution in [2.45, 2.75) is 78.0 Å². The Morgan fingerprint density at radius 2 is 1.76 bits per heavy atom. The highest BCUT2D eigenvalue weighted by Crippen LogP contribution is 2.25. The van der Waals surface area contributed by atoms with Crippen molar-refractivity contribution in [1.82, 2.24) is 15.3 Å². The van der Waals surface area contributed by atoms with Crippen molar-refractivity contribution in [2.24, 2.45) is 5.73 Å². The summed E-state index contributed by atoms with van der Waals surface area (Å²) in [6.07, 6.45) is 5.03. The van der Waals surface area contributed by atoms with E-state index < -0.39 is 0 Å². The van der Waals surface area contributed by atoms with E-state index in [1.165, 1.54) is 5.56 Å². The van der Waals surface area contributed by atoms with Gasteiger partial charge in [0.2, 0.25) is 0 Å². The number of hydrazine groups is 1. The van der Waals surface area contributed by atoms with Gasteiger partial charge in [-0.25, -0.2) is 0 Å². The SMILES string of the molecule is CC(C)N(Cc1ccc(C(=O)NN(/C(N)=C(\Cl)C=N)C2CCCC2)cc1)C(C)C. The standard InChI is InChI=1S/C22H34ClN5O/c1-15(2)27(16(3)4)14-17-9-11-18(12-10-17)22(29)26-28(19-7-5-6-8-19)21(25)20(23)13-24/h9-13,15-16,19,24H,5-8,14,25H2,1-4H3,(H,26,29)/b21-20-,24-13?. The highest BCUT2D eigenvalue weighted by atomic mass is 35.5. The minimum absolute atomic E-state index is 0.0950. The van der Waals surface area contributed by atoms with E-state index in [0.29, 0.717) is 17.6 Å². The molecule has 0 heterocycles. The van der Waals surface area contributed by atoms with E-state index in [1.54, 1.807) is 5.01 Å². The van der Waals surface area contributed by atoms with Gasteiger partial charge in [0, 0.05) is 30.4 Å². The van der Waals surface area contributed by atoms with Crippen LogP contribution in [0.4, 0.5) is 0 Å². The van der Waals surface area contributed by atoms with Crippen molar-refractivity contribution in [3.63, 3.8) is 0 Å². The maximum atomic E-state index is 12.8. The highest BCUT2D eigenvalue weighted by Gasteiger charge is 2.26. The molecule has 4 N–H and O–H groups in total. The van der Waals surface area contributed by atoms with Crippen molar-refractivity contribution >= 4 is 23.7 Å². The van der Waals surface area contributed by atoms with Crippen LogP contribution in [0.1, 0.15) is 69.3 Å². The molecule has 1 aromatic rings. The molecule has 1 aliphatic rings. The van der Waals surface area contributed by atoms with Crippen LogP contribution in [0.5, 0.6) is 0 Å². The van der Waals surface area contributed by atoms with E-state index >= 15 is 0 Å². The molecule has 1 amide bonds. The first kappa shape index (κ1) is 23.2. The maximum absolute atomic E-state index is 12.8. The average Bonchev–Trinajstić information content (AvgIpc) is 3.23. The quantitative estimate of drug-likeness (QED) is 0.413. The number of nitrogens with one attached hydrogen (secondary N) is 2. The molecular weight excluding hydrogens is 386 g/mol. The lowest BCUT2D eigenvalue weighted by molar-refractivity contribution is 0.0774. The molecular formula is C22H34ClN5O. The van der Waals surface area contributed by atoms with Crippen LogP contribution in [-0.4, -0.2) is 40.2 Å². The van der Waals surface area contributed by atoms with Crippen molar-refractivity contribution in [2.75, 3.05) is 0 Å². The lowest BCUT2D eigenvalue weighted by Gasteiger charge is -2.31. The van der Waals surface area contributed by atoms with E-state index in [9.17, 15) is 4.79 Å². The molecule has 0 unspecified atom stereocenters. The van der Waals surface area contributed by atoms with E-state index in [2.05, 4.69) is 38.0 Å². The number of carbonyl (C=O) groups excluding carboxylic acids is 1. The predicted octanol–water partition coefficient (Wildman–Crippen LogP) is 4.21. The van der Waals surface area contributed by atoms with Crippen LogP contribution in [0.25, 0.3) is 0 Å². The normalized spacial score (nSPS) is 15.7. The van der Waals surface area contributed by atoms with E-state index in [0.717, 1.165) is 38.4 Å². The molecule has 1 fully saturated rings. The van der Waals surface area contributed by atoms with Gasteiger partial charge in [-0.3, -0.25) is 20.1 Å². The van der Waals surface area contributed by atoms with Crippen molar-refractivity contribution in [3.8, 4) is 0 Å². The van der Waals surface area contributed by atoms with Gasteiger partial charge in [-0.1, -0.05) is 36.6 Å². The summed E-state index contributed by atoms with van der Waals surface area (Å²) in [5, 5.41) is 9.11. The van der Waals surface area contributed by atoms with E-state index in [-0.39, 0.29) is 22.8 Å². The number of rotatable bonds is 9. The summed E-state index contributed by atoms with van der Waals surface area (Å²) in [6, 6.07) is 8.67. The summed E-state index contributed by atoms with van der Waals surface area (Å²) in [7, 11) is 0. The van der Waals surface area contributed by atoms with Crippen LogP contribution >= 0.6 is 11.6 Å². The van der Waals surface area contributed by atoms with Gasteiger partial charge in [-0.05, 0) is 58.2 Å². The van der Waals surface area contributed by atoms with E-state index in [1.807, 2.05) is 24.3 Å². The van der Waals surface area contributed by atoms with Crippen LogP contribution in [0, 0.1) is 5.41 Å². The van der Waals surface area contributed by atoms with Crippen LogP contribution in [-0.2, 0) is 6.54 Å². The van der Waals surface area contributed by atoms with Crippen molar-refractivity contribution in [1.29, 1.82) is 5.41 Å². The summed E-state index contributed by atoms with van der Waals surface area (Å²) in [6.45, 7) is 9.61. The third-order valence-electron chi connectivity index (χ3n) is 5.45. The van der Waals surface area contributed by atoms with Crippen LogP contribution in [0.15, 0.2) is 35.1 Å². The summed E-state index contributed by atoms with van der Waals surface area (Å²) >= 11 is 6.05. The molecule has 1 aliphatic carbocycles. The molecule has 0 bridgehead atoms. The smallest absolute Gasteiger partial charge is 0.269 e. The van der Waals surface area contributed by atoms with Gasteiger partial charge in [0.05, 0.1) is 11.1 Å². The van der Waals surface area contributed by atoms with E-state index in [4.69, 9.17) is 22.7 Å². The molecule has 29 heavy (non-hydrogen) atoms. The number of carbonyl (C=O) groups is 1. The Morgan fingerprint density at radius 1 is 1.21 bits per heavy atom. The summed E-state index contributed by atoms with van der Waals surface area (Å²) < 4.78 is 0. The van der Waals surface area contributed by atoms with Crippen LogP contribution < -0.4 is 11.2 Å². The van der Waals surface area contributed by atoms with Gasteiger partial charge >= 0.3 is 0 Å². The molecule has 2 rings (SSSR count). The zero-order chi connectivity index (χ0) is 21.6. The third kappa shape index (κ3) is 6.21. The Labute approximate surface area is 179 Å². The molecule has 0 spiro atoms. The van der Waals surface area contributed by atoms with Crippen LogP contribution in [0.3, 0.4) is 0 Å². The number of hydrogen-bond acceptors (Lipinski definition) is 5. The molecule has 6 nitrogen and oxygen atoms in total. The van der Waals surface area contributed by atoms with Crippen molar-refractivity contribution < 1.29 is 4.79 Å². The number of benzene rings is 1. The largest absolute Gasteiger partial charge is 0.383 e. The van der Waals surface area contributed by atoms with Crippen molar-refractivity contribution in [3.05, 3.63) is 46.2 Å². The summed E-state index contributed by atoms with van der Waals surface area (Å²) in [5.74, 6) is -0.0199. The first-order chi connectivity index (χ1) is 13.7. The average molecular weight is 420 g/mol. The summed E-state index contributed by atoms with van der Waals surface area (Å²) in [5.41, 5.74) is 10.8. The number of nitrogens with two attached hydrogens (primary N) is 1. The molecule has 1 saturated carbocycles. The number of hydrogen-bond donors (Lipinski definition) is 3. The number of nitrogens with zero attached hydrogens (tertiary/aromatic N) is 2. The number of amides is 1. The number of halogens is 1. The first-order valence-corrected chi connectivity index (χ1v) is 10.7. The third-order valence-corrected chi connectivity index (χ3v) is 5.75. The second-order valence-electron chi connectivity index (χ2n) is 8.18. The Kier molecular flexibility index (Phi) is 8.53. The Bertz CT molecular complexity index is 715. The monoisotopic (exact) mass is 419 g/mol. The molecule has 0 aliphatic heterocycles. The molecule has 0 atom stereocenters. The molecule has 0 saturated heterocycles. The van der Waals surface area contributed by atoms with Gasteiger partial charge in [0.25, 0.3) is 5.91 Å². The van der Waals surface area contributed by atoms with Gasteiger partial charge < -0.3 is 11.1 Å². The second-order valence-corrected chi connectivity index (χ2v) is 8.59. The first-order valence-electron chi connectivity index (χ1n) is 10.3. The highest BCUT2D eigenvalue weighted by molar-refractivity contribution is 6.39. The molecule has 0 aromatic heterocycles. The van der Waals surface area contributed by atoms with Crippen LogP contribution in [0.2, 0.25) is 0 Å². The Balaban J connectivity index is 2.12. The fraction of sp³-hybridized carbons (Fsp3) is 0.545. The fourth-order valence-corrected chi connectivity index (χ4v) is 3.90. The zero-order valence-corrected chi connectivity index (χ0v) is 18.7. The lowest BCUT2D eigenvalue weighted by atomic mass is 10.1. The zero-order valence-electron chi connectivity index (χ0n) is 17.9. The molecule has 160 valence electrons. The summed E-state index contributed by atoms with van der Waals surface area (Å²) in [4.78, 5) is 15.2. The Hall–Kier alpha value is -2.05. The minimum Gasteiger partial charge on any atom is -0.383 e. The maximum Gasteiger partial charge on any atom is 0.269 e. The number of allylic oxidation sites excluding steroid dienone is 1. The fourth-order valence-electron chi connectivity index (χ4n) is 3.81. The lowest BCUT2D eigenvalue weighted by Crippen LogP contribution is -2.49. The predicted molar refractivity (Wildman–Crippen MR) is 120 cm³/mol. The van der Waals surface area contributed by atoms with Gasteiger partial charge in [0.1, 0.15) is 5.82 Å².